The Labute approximate surface area is 121 Å². The number of piperidine rings is 1. The number of carbonyl (C=O) groups excluding carboxylic acids is 1. The van der Waals surface area contributed by atoms with E-state index in [2.05, 4.69) is 0 Å². The molecule has 0 aromatic carbocycles. The Hall–Kier alpha value is -1.26. The lowest BCUT2D eigenvalue weighted by Gasteiger charge is -2.40. The third-order valence-corrected chi connectivity index (χ3v) is 3.69. The van der Waals surface area contributed by atoms with E-state index in [0.29, 0.717) is 19.4 Å². The minimum absolute atomic E-state index is 0.261. The highest BCUT2D eigenvalue weighted by molar-refractivity contribution is 5.77. The Balaban J connectivity index is 2.77. The van der Waals surface area contributed by atoms with Crippen LogP contribution in [0.2, 0.25) is 0 Å². The van der Waals surface area contributed by atoms with E-state index in [-0.39, 0.29) is 6.54 Å². The van der Waals surface area contributed by atoms with Crippen LogP contribution in [0.4, 0.5) is 4.79 Å². The van der Waals surface area contributed by atoms with Crippen LogP contribution in [0.5, 0.6) is 0 Å². The maximum absolute atomic E-state index is 12.1. The maximum Gasteiger partial charge on any atom is 0.410 e. The summed E-state index contributed by atoms with van der Waals surface area (Å²) in [5.41, 5.74) is -1.35. The number of unbranched alkanes of at least 4 members (excludes halogenated alkanes) is 1. The first-order chi connectivity index (χ1) is 9.20. The largest absolute Gasteiger partial charge is 0.481 e. The summed E-state index contributed by atoms with van der Waals surface area (Å²) in [6.45, 7) is 8.33. The fraction of sp³-hybridized carbons (Fsp3) is 0.867. The zero-order chi connectivity index (χ0) is 15.4. The van der Waals surface area contributed by atoms with Crippen molar-refractivity contribution in [3.8, 4) is 0 Å². The van der Waals surface area contributed by atoms with Gasteiger partial charge in [-0.2, -0.15) is 0 Å². The van der Waals surface area contributed by atoms with Crippen LogP contribution in [0.15, 0.2) is 0 Å². The van der Waals surface area contributed by atoms with Crippen molar-refractivity contribution in [2.24, 2.45) is 5.41 Å². The molecule has 0 saturated carbocycles. The Morgan fingerprint density at radius 3 is 2.50 bits per heavy atom. The first kappa shape index (κ1) is 16.8. The Morgan fingerprint density at radius 2 is 2.00 bits per heavy atom. The van der Waals surface area contributed by atoms with E-state index >= 15 is 0 Å². The van der Waals surface area contributed by atoms with Crippen LogP contribution in [-0.4, -0.2) is 40.8 Å². The molecule has 1 heterocycles. The van der Waals surface area contributed by atoms with E-state index in [0.717, 1.165) is 19.3 Å². The summed E-state index contributed by atoms with van der Waals surface area (Å²) in [6, 6.07) is 0. The van der Waals surface area contributed by atoms with E-state index in [4.69, 9.17) is 4.74 Å². The molecule has 1 saturated heterocycles. The van der Waals surface area contributed by atoms with Crippen LogP contribution >= 0.6 is 0 Å². The van der Waals surface area contributed by atoms with Crippen LogP contribution in [0.3, 0.4) is 0 Å². The van der Waals surface area contributed by atoms with E-state index in [1.807, 2.05) is 27.7 Å². The normalized spacial score (nSPS) is 23.5. The summed E-state index contributed by atoms with van der Waals surface area (Å²) in [5.74, 6) is -0.792. The molecule has 116 valence electrons. The monoisotopic (exact) mass is 285 g/mol. The van der Waals surface area contributed by atoms with Crippen molar-refractivity contribution < 1.29 is 19.4 Å². The predicted molar refractivity (Wildman–Crippen MR) is 76.6 cm³/mol. The number of ether oxygens (including phenoxy) is 1. The minimum Gasteiger partial charge on any atom is -0.481 e. The highest BCUT2D eigenvalue weighted by Crippen LogP contribution is 2.36. The molecule has 1 rings (SSSR count). The van der Waals surface area contributed by atoms with Gasteiger partial charge in [-0.1, -0.05) is 19.8 Å². The second-order valence-electron chi connectivity index (χ2n) is 6.69. The second kappa shape index (κ2) is 6.46. The number of carbonyl (C=O) groups is 2. The Bertz CT molecular complexity index is 361. The Morgan fingerprint density at radius 1 is 1.35 bits per heavy atom. The molecule has 0 aromatic heterocycles. The molecule has 1 fully saturated rings. The van der Waals surface area contributed by atoms with Crippen LogP contribution in [0, 0.1) is 5.41 Å². The summed E-state index contributed by atoms with van der Waals surface area (Å²) in [4.78, 5) is 25.3. The quantitative estimate of drug-likeness (QED) is 0.860. The lowest BCUT2D eigenvalue weighted by atomic mass is 9.76. The Kier molecular flexibility index (Phi) is 5.42. The number of hydrogen-bond donors (Lipinski definition) is 1. The van der Waals surface area contributed by atoms with Crippen molar-refractivity contribution in [2.75, 3.05) is 13.1 Å². The van der Waals surface area contributed by atoms with Gasteiger partial charge in [-0.3, -0.25) is 4.79 Å². The van der Waals surface area contributed by atoms with Crippen molar-refractivity contribution in [1.82, 2.24) is 4.90 Å². The number of amides is 1. The summed E-state index contributed by atoms with van der Waals surface area (Å²) in [7, 11) is 0. The van der Waals surface area contributed by atoms with E-state index in [1.165, 1.54) is 0 Å². The molecule has 0 aliphatic carbocycles. The highest BCUT2D eigenvalue weighted by Gasteiger charge is 2.43. The van der Waals surface area contributed by atoms with Gasteiger partial charge in [0, 0.05) is 13.1 Å². The van der Waals surface area contributed by atoms with Gasteiger partial charge in [0.2, 0.25) is 0 Å². The van der Waals surface area contributed by atoms with E-state index < -0.39 is 23.1 Å². The van der Waals surface area contributed by atoms with Gasteiger partial charge in [0.1, 0.15) is 5.60 Å². The summed E-state index contributed by atoms with van der Waals surface area (Å²) < 4.78 is 5.35. The maximum atomic E-state index is 12.1. The fourth-order valence-electron chi connectivity index (χ4n) is 2.61. The first-order valence-electron chi connectivity index (χ1n) is 7.41. The van der Waals surface area contributed by atoms with Gasteiger partial charge in [0.25, 0.3) is 0 Å². The van der Waals surface area contributed by atoms with Crippen molar-refractivity contribution >= 4 is 12.1 Å². The van der Waals surface area contributed by atoms with Gasteiger partial charge in [-0.05, 0) is 40.0 Å². The third kappa shape index (κ3) is 4.39. The van der Waals surface area contributed by atoms with Gasteiger partial charge in [-0.15, -0.1) is 0 Å². The molecule has 1 unspecified atom stereocenters. The number of carboxylic acid groups (broad SMARTS) is 1. The summed E-state index contributed by atoms with van der Waals surface area (Å²) in [5, 5.41) is 9.57. The lowest BCUT2D eigenvalue weighted by molar-refractivity contribution is -0.152. The molecule has 5 nitrogen and oxygen atoms in total. The van der Waals surface area contributed by atoms with Crippen LogP contribution in [-0.2, 0) is 9.53 Å². The van der Waals surface area contributed by atoms with Gasteiger partial charge in [-0.25, -0.2) is 4.79 Å². The van der Waals surface area contributed by atoms with Crippen molar-refractivity contribution in [3.05, 3.63) is 0 Å². The average Bonchev–Trinajstić information content (AvgIpc) is 2.34. The molecule has 0 spiro atoms. The van der Waals surface area contributed by atoms with Gasteiger partial charge < -0.3 is 14.7 Å². The number of rotatable bonds is 4. The number of nitrogens with zero attached hydrogens (tertiary/aromatic N) is 1. The smallest absolute Gasteiger partial charge is 0.410 e. The fourth-order valence-corrected chi connectivity index (χ4v) is 2.61. The first-order valence-corrected chi connectivity index (χ1v) is 7.41. The summed E-state index contributed by atoms with van der Waals surface area (Å²) in [6.07, 6.45) is 3.41. The molecule has 1 N–H and O–H groups in total. The molecule has 0 radical (unpaired) electrons. The summed E-state index contributed by atoms with van der Waals surface area (Å²) >= 11 is 0. The number of hydrogen-bond acceptors (Lipinski definition) is 3. The van der Waals surface area contributed by atoms with E-state index in [1.54, 1.807) is 4.90 Å². The van der Waals surface area contributed by atoms with Gasteiger partial charge in [0.05, 0.1) is 5.41 Å². The average molecular weight is 285 g/mol. The van der Waals surface area contributed by atoms with Crippen LogP contribution in [0.1, 0.15) is 59.8 Å². The molecule has 1 amide bonds. The third-order valence-electron chi connectivity index (χ3n) is 3.69. The zero-order valence-corrected chi connectivity index (χ0v) is 13.1. The van der Waals surface area contributed by atoms with Crippen molar-refractivity contribution in [2.45, 2.75) is 65.4 Å². The van der Waals surface area contributed by atoms with Crippen molar-refractivity contribution in [1.29, 1.82) is 0 Å². The second-order valence-corrected chi connectivity index (χ2v) is 6.69. The molecular formula is C15H27NO4. The van der Waals surface area contributed by atoms with Crippen molar-refractivity contribution in [3.63, 3.8) is 0 Å². The predicted octanol–water partition coefficient (Wildman–Crippen LogP) is 3.28. The van der Waals surface area contributed by atoms with Gasteiger partial charge in [0.15, 0.2) is 0 Å². The molecule has 1 atom stereocenters. The topological polar surface area (TPSA) is 66.8 Å². The van der Waals surface area contributed by atoms with E-state index in [9.17, 15) is 14.7 Å². The molecule has 20 heavy (non-hydrogen) atoms. The molecular weight excluding hydrogens is 258 g/mol. The number of likely N-dealkylation sites (tertiary alicyclic amines) is 1. The molecule has 5 heteroatoms. The highest BCUT2D eigenvalue weighted by atomic mass is 16.6. The zero-order valence-electron chi connectivity index (χ0n) is 13.1. The number of carboxylic acids is 1. The van der Waals surface area contributed by atoms with Crippen LogP contribution < -0.4 is 0 Å². The van der Waals surface area contributed by atoms with Crippen LogP contribution in [0.25, 0.3) is 0 Å². The molecule has 0 aromatic rings. The molecule has 1 aliphatic rings. The number of aliphatic carboxylic acids is 1. The SMILES string of the molecule is CCCCC1(C(=O)O)CCCN(C(=O)OC(C)(C)C)C1. The lowest BCUT2D eigenvalue weighted by Crippen LogP contribution is -2.51. The standard InChI is InChI=1S/C15H27NO4/c1-5-6-8-15(12(17)18)9-7-10-16(11-15)13(19)20-14(2,3)4/h5-11H2,1-4H3,(H,17,18). The molecule has 1 aliphatic heterocycles. The van der Waals surface area contributed by atoms with Gasteiger partial charge >= 0.3 is 12.1 Å². The molecule has 0 bridgehead atoms. The minimum atomic E-state index is -0.800.